The van der Waals surface area contributed by atoms with Gasteiger partial charge in [0.25, 0.3) is 0 Å². The van der Waals surface area contributed by atoms with Gasteiger partial charge in [0.1, 0.15) is 11.8 Å². The second kappa shape index (κ2) is 8.19. The third kappa shape index (κ3) is 4.14. The SMILES string of the molecule is C=CCCCCCNc1c(C#N)cccc1OC. The molecule has 0 heterocycles. The Bertz CT molecular complexity index is 421. The van der Waals surface area contributed by atoms with Crippen LogP contribution in [0, 0.1) is 11.3 Å². The fraction of sp³-hybridized carbons (Fsp3) is 0.400. The van der Waals surface area contributed by atoms with E-state index in [1.165, 1.54) is 6.42 Å². The summed E-state index contributed by atoms with van der Waals surface area (Å²) in [5.41, 5.74) is 1.42. The van der Waals surface area contributed by atoms with Gasteiger partial charge in [0.15, 0.2) is 0 Å². The maximum atomic E-state index is 9.05. The van der Waals surface area contributed by atoms with Crippen LogP contribution >= 0.6 is 0 Å². The average Bonchev–Trinajstić information content (AvgIpc) is 2.42. The molecule has 3 nitrogen and oxygen atoms in total. The molecule has 18 heavy (non-hydrogen) atoms. The molecule has 0 aliphatic heterocycles. The molecule has 96 valence electrons. The van der Waals surface area contributed by atoms with Crippen molar-refractivity contribution in [2.75, 3.05) is 19.0 Å². The lowest BCUT2D eigenvalue weighted by Crippen LogP contribution is -2.05. The van der Waals surface area contributed by atoms with E-state index in [1.54, 1.807) is 13.2 Å². The van der Waals surface area contributed by atoms with Crippen molar-refractivity contribution in [3.63, 3.8) is 0 Å². The Morgan fingerprint density at radius 2 is 2.22 bits per heavy atom. The molecule has 1 N–H and O–H groups in total. The monoisotopic (exact) mass is 244 g/mol. The minimum Gasteiger partial charge on any atom is -0.495 e. The summed E-state index contributed by atoms with van der Waals surface area (Å²) in [6.07, 6.45) is 6.43. The summed E-state index contributed by atoms with van der Waals surface area (Å²) in [7, 11) is 1.62. The number of rotatable bonds is 8. The Hall–Kier alpha value is -1.95. The molecular weight excluding hydrogens is 224 g/mol. The van der Waals surface area contributed by atoms with Crippen molar-refractivity contribution in [1.82, 2.24) is 0 Å². The Morgan fingerprint density at radius 3 is 2.89 bits per heavy atom. The molecule has 3 heteroatoms. The number of benzene rings is 1. The lowest BCUT2D eigenvalue weighted by molar-refractivity contribution is 0.416. The van der Waals surface area contributed by atoms with E-state index in [4.69, 9.17) is 10.00 Å². The van der Waals surface area contributed by atoms with E-state index in [0.717, 1.165) is 37.2 Å². The van der Waals surface area contributed by atoms with Gasteiger partial charge in [0, 0.05) is 6.54 Å². The van der Waals surface area contributed by atoms with Gasteiger partial charge in [0.05, 0.1) is 18.4 Å². The number of nitrogens with one attached hydrogen (secondary N) is 1. The molecule has 0 aliphatic carbocycles. The molecule has 0 bridgehead atoms. The molecule has 0 aromatic heterocycles. The highest BCUT2D eigenvalue weighted by atomic mass is 16.5. The van der Waals surface area contributed by atoms with Crippen molar-refractivity contribution in [1.29, 1.82) is 5.26 Å². The molecule has 1 aromatic rings. The maximum Gasteiger partial charge on any atom is 0.143 e. The predicted molar refractivity (Wildman–Crippen MR) is 74.9 cm³/mol. The van der Waals surface area contributed by atoms with E-state index in [2.05, 4.69) is 18.0 Å². The van der Waals surface area contributed by atoms with Gasteiger partial charge in [-0.2, -0.15) is 5.26 Å². The number of ether oxygens (including phenoxy) is 1. The number of nitriles is 1. The van der Waals surface area contributed by atoms with Crippen LogP contribution in [0.3, 0.4) is 0 Å². The molecule has 1 rings (SSSR count). The first kappa shape index (κ1) is 14.1. The highest BCUT2D eigenvalue weighted by molar-refractivity contribution is 5.66. The van der Waals surface area contributed by atoms with Gasteiger partial charge >= 0.3 is 0 Å². The summed E-state index contributed by atoms with van der Waals surface area (Å²) < 4.78 is 5.26. The molecule has 0 saturated heterocycles. The van der Waals surface area contributed by atoms with Crippen molar-refractivity contribution in [2.24, 2.45) is 0 Å². The van der Waals surface area contributed by atoms with Gasteiger partial charge in [-0.3, -0.25) is 0 Å². The highest BCUT2D eigenvalue weighted by Gasteiger charge is 2.07. The molecule has 0 fully saturated rings. The second-order valence-electron chi connectivity index (χ2n) is 4.06. The van der Waals surface area contributed by atoms with E-state index in [0.29, 0.717) is 5.56 Å². The van der Waals surface area contributed by atoms with Gasteiger partial charge in [0.2, 0.25) is 0 Å². The lowest BCUT2D eigenvalue weighted by Gasteiger charge is -2.12. The molecule has 0 atom stereocenters. The summed E-state index contributed by atoms with van der Waals surface area (Å²) in [5, 5.41) is 12.3. The average molecular weight is 244 g/mol. The van der Waals surface area contributed by atoms with E-state index in [-0.39, 0.29) is 0 Å². The van der Waals surface area contributed by atoms with Crippen LogP contribution in [0.2, 0.25) is 0 Å². The van der Waals surface area contributed by atoms with Crippen LogP contribution in [0.5, 0.6) is 5.75 Å². The highest BCUT2D eigenvalue weighted by Crippen LogP contribution is 2.27. The topological polar surface area (TPSA) is 45.0 Å². The Balaban J connectivity index is 2.50. The number of allylic oxidation sites excluding steroid dienone is 1. The largest absolute Gasteiger partial charge is 0.495 e. The maximum absolute atomic E-state index is 9.05. The predicted octanol–water partition coefficient (Wildman–Crippen LogP) is 3.73. The summed E-state index contributed by atoms with van der Waals surface area (Å²) in [6.45, 7) is 4.56. The molecule has 1 aromatic carbocycles. The third-order valence-electron chi connectivity index (χ3n) is 2.75. The Morgan fingerprint density at radius 1 is 1.39 bits per heavy atom. The summed E-state index contributed by atoms with van der Waals surface area (Å²) >= 11 is 0. The minimum absolute atomic E-state index is 0.625. The molecule has 0 unspecified atom stereocenters. The number of nitrogens with zero attached hydrogens (tertiary/aromatic N) is 1. The fourth-order valence-corrected chi connectivity index (χ4v) is 1.78. The van der Waals surface area contributed by atoms with Gasteiger partial charge in [-0.1, -0.05) is 18.6 Å². The zero-order chi connectivity index (χ0) is 13.2. The van der Waals surface area contributed by atoms with Crippen molar-refractivity contribution in [3.8, 4) is 11.8 Å². The second-order valence-corrected chi connectivity index (χ2v) is 4.06. The Labute approximate surface area is 109 Å². The number of para-hydroxylation sites is 1. The van der Waals surface area contributed by atoms with Gasteiger partial charge in [-0.05, 0) is 31.4 Å². The molecule has 0 radical (unpaired) electrons. The molecule has 0 saturated carbocycles. The smallest absolute Gasteiger partial charge is 0.143 e. The van der Waals surface area contributed by atoms with Crippen LogP contribution in [0.25, 0.3) is 0 Å². The molecule has 0 aliphatic rings. The number of unbranched alkanes of at least 4 members (excludes halogenated alkanes) is 3. The zero-order valence-electron chi connectivity index (χ0n) is 10.9. The van der Waals surface area contributed by atoms with Gasteiger partial charge in [-0.25, -0.2) is 0 Å². The standard InChI is InChI=1S/C15H20N2O/c1-3-4-5-6-7-11-17-15-13(12-16)9-8-10-14(15)18-2/h3,8-10,17H,1,4-7,11H2,2H3. The quantitative estimate of drug-likeness (QED) is 0.560. The number of anilines is 1. The van der Waals surface area contributed by atoms with Crippen LogP contribution in [0.1, 0.15) is 31.2 Å². The van der Waals surface area contributed by atoms with Crippen LogP contribution in [0.15, 0.2) is 30.9 Å². The van der Waals surface area contributed by atoms with Crippen LogP contribution in [-0.2, 0) is 0 Å². The van der Waals surface area contributed by atoms with Crippen molar-refractivity contribution in [2.45, 2.75) is 25.7 Å². The Kier molecular flexibility index (Phi) is 6.42. The number of hydrogen-bond acceptors (Lipinski definition) is 3. The minimum atomic E-state index is 0.625. The van der Waals surface area contributed by atoms with E-state index in [9.17, 15) is 0 Å². The first-order chi connectivity index (χ1) is 8.83. The van der Waals surface area contributed by atoms with Gasteiger partial charge < -0.3 is 10.1 Å². The third-order valence-corrected chi connectivity index (χ3v) is 2.75. The van der Waals surface area contributed by atoms with Crippen LogP contribution in [-0.4, -0.2) is 13.7 Å². The first-order valence-corrected chi connectivity index (χ1v) is 6.25. The van der Waals surface area contributed by atoms with E-state index in [1.807, 2.05) is 18.2 Å². The number of methoxy groups -OCH3 is 1. The van der Waals surface area contributed by atoms with Crippen molar-refractivity contribution >= 4 is 5.69 Å². The zero-order valence-corrected chi connectivity index (χ0v) is 10.9. The van der Waals surface area contributed by atoms with E-state index < -0.39 is 0 Å². The number of hydrogen-bond donors (Lipinski definition) is 1. The summed E-state index contributed by atoms with van der Waals surface area (Å²) in [4.78, 5) is 0. The molecular formula is C15H20N2O. The van der Waals surface area contributed by atoms with Crippen molar-refractivity contribution < 1.29 is 4.74 Å². The summed E-state index contributed by atoms with van der Waals surface area (Å²) in [5.74, 6) is 0.722. The summed E-state index contributed by atoms with van der Waals surface area (Å²) in [6, 6.07) is 7.66. The van der Waals surface area contributed by atoms with Gasteiger partial charge in [-0.15, -0.1) is 6.58 Å². The van der Waals surface area contributed by atoms with Crippen molar-refractivity contribution in [3.05, 3.63) is 36.4 Å². The lowest BCUT2D eigenvalue weighted by atomic mass is 10.1. The van der Waals surface area contributed by atoms with Crippen LogP contribution < -0.4 is 10.1 Å². The van der Waals surface area contributed by atoms with E-state index >= 15 is 0 Å². The molecule has 0 spiro atoms. The fourth-order valence-electron chi connectivity index (χ4n) is 1.78. The first-order valence-electron chi connectivity index (χ1n) is 6.25. The normalized spacial score (nSPS) is 9.56. The van der Waals surface area contributed by atoms with Crippen LogP contribution in [0.4, 0.5) is 5.69 Å². The molecule has 0 amide bonds.